The third kappa shape index (κ3) is 8.74. The molecule has 0 fully saturated rings. The van der Waals surface area contributed by atoms with Crippen molar-refractivity contribution < 1.29 is 23.1 Å². The molecule has 2 atom stereocenters. The minimum Gasteiger partial charge on any atom is -0.482 e. The number of aromatic nitrogens is 8. The van der Waals surface area contributed by atoms with Crippen LogP contribution < -0.4 is 22.1 Å². The van der Waals surface area contributed by atoms with Gasteiger partial charge in [-0.15, -0.1) is 0 Å². The number of hydrogen-bond donors (Lipinski definition) is 5. The lowest BCUT2D eigenvalue weighted by molar-refractivity contribution is -0.122. The second kappa shape index (κ2) is 18.0. The lowest BCUT2D eigenvalue weighted by atomic mass is 9.95. The quantitative estimate of drug-likeness (QED) is 0.0981. The lowest BCUT2D eigenvalue weighted by Gasteiger charge is -2.22. The van der Waals surface area contributed by atoms with E-state index in [1.54, 1.807) is 76.4 Å². The number of hydrogen-bond acceptors (Lipinski definition) is 12. The number of carbonyl (C=O) groups excluding carboxylic acids is 2. The maximum atomic E-state index is 14.2. The van der Waals surface area contributed by atoms with Crippen LogP contribution in [0.2, 0.25) is 0 Å². The summed E-state index contributed by atoms with van der Waals surface area (Å²) < 4.78 is 35.9. The average Bonchev–Trinajstić information content (AvgIpc) is 3.81. The first-order chi connectivity index (χ1) is 29.9. The van der Waals surface area contributed by atoms with Gasteiger partial charge in [-0.25, -0.2) is 38.1 Å². The minimum absolute atomic E-state index is 0.0429. The molecular weight excluding hydrogens is 799 g/mol. The standard InChI is InChI=1S/C21H18FN7O.C14H12FN5.C8H10N2O2/c1-11-9-15(30)25-19-16(11)18(23)26-20(27-19)17-13-6-4-8-24-21(13)29(28-17)10-12-5-2-3-7-14(12)22;15-11-6-2-1-4-9(11)8-20-14-10(5-3-7-18-14)12(19-20)13(16)17;1-5-3-7(11)10-8(12-2)6(5)4-9/h2-8,11H,9-10H2,1H3,(H3,23,25,26,27,30);1-7H,8H2,(H3,16,17);5H,3H2,1-2H3,(H,10,11). The van der Waals surface area contributed by atoms with Gasteiger partial charge in [0.1, 0.15) is 46.6 Å². The van der Waals surface area contributed by atoms with Gasteiger partial charge >= 0.3 is 0 Å². The molecule has 2 aromatic carbocycles. The second-order valence-electron chi connectivity index (χ2n) is 14.4. The number of rotatable bonds is 7. The van der Waals surface area contributed by atoms with Crippen LogP contribution in [-0.2, 0) is 27.4 Å². The van der Waals surface area contributed by atoms with Gasteiger partial charge < -0.3 is 21.5 Å². The monoisotopic (exact) mass is 838 g/mol. The molecule has 9 rings (SSSR count). The maximum absolute atomic E-state index is 14.2. The van der Waals surface area contributed by atoms with Crippen LogP contribution in [0.5, 0.6) is 0 Å². The third-order valence-corrected chi connectivity index (χ3v) is 10.1. The van der Waals surface area contributed by atoms with Crippen molar-refractivity contribution in [3.63, 3.8) is 0 Å². The highest BCUT2D eigenvalue weighted by Gasteiger charge is 2.28. The fourth-order valence-electron chi connectivity index (χ4n) is 7.09. The lowest BCUT2D eigenvalue weighted by Crippen LogP contribution is -2.32. The van der Waals surface area contributed by atoms with Crippen molar-refractivity contribution in [1.29, 1.82) is 10.7 Å². The second-order valence-corrected chi connectivity index (χ2v) is 14.4. The molecule has 2 unspecified atom stereocenters. The van der Waals surface area contributed by atoms with E-state index in [4.69, 9.17) is 26.9 Å². The summed E-state index contributed by atoms with van der Waals surface area (Å²) in [6.45, 7) is 4.19. The Bertz CT molecular complexity index is 2940. The molecule has 7 N–H and O–H groups in total. The molecule has 2 aliphatic heterocycles. The van der Waals surface area contributed by atoms with Crippen LogP contribution in [0.4, 0.5) is 20.4 Å². The SMILES string of the molecule is CC1CC(=O)Nc2nc(-c3nn(Cc4ccccc4F)c4ncccc34)nc(N)c21.COC1=C(C#N)C(C)CC(=O)N1.N=C(N)c1nn(Cc2ccccc2F)c2ncccc12. The van der Waals surface area contributed by atoms with E-state index in [0.29, 0.717) is 80.5 Å². The van der Waals surface area contributed by atoms with Crippen molar-refractivity contribution in [2.24, 2.45) is 11.7 Å². The maximum Gasteiger partial charge on any atom is 0.227 e. The highest BCUT2D eigenvalue weighted by Crippen LogP contribution is 2.36. The largest absolute Gasteiger partial charge is 0.482 e. The molecule has 0 saturated carbocycles. The smallest absolute Gasteiger partial charge is 0.227 e. The Morgan fingerprint density at radius 1 is 0.839 bits per heavy atom. The van der Waals surface area contributed by atoms with Crippen LogP contribution in [0.25, 0.3) is 33.6 Å². The predicted octanol–water partition coefficient (Wildman–Crippen LogP) is 5.53. The van der Waals surface area contributed by atoms with Crippen LogP contribution in [0.3, 0.4) is 0 Å². The van der Waals surface area contributed by atoms with Crippen molar-refractivity contribution in [2.45, 2.75) is 45.7 Å². The van der Waals surface area contributed by atoms with Crippen LogP contribution in [0.15, 0.2) is 96.6 Å². The number of nitrogens with two attached hydrogens (primary N) is 2. The highest BCUT2D eigenvalue weighted by atomic mass is 19.1. The molecule has 7 heterocycles. The van der Waals surface area contributed by atoms with Gasteiger partial charge in [-0.05, 0) is 42.3 Å². The molecule has 17 nitrogen and oxygen atoms in total. The third-order valence-electron chi connectivity index (χ3n) is 10.1. The number of nitriles is 1. The average molecular weight is 839 g/mol. The number of nitrogen functional groups attached to an aromatic ring is 2. The van der Waals surface area contributed by atoms with Gasteiger partial charge in [0.2, 0.25) is 17.7 Å². The Hall–Kier alpha value is -8.14. The zero-order chi connectivity index (χ0) is 44.1. The summed E-state index contributed by atoms with van der Waals surface area (Å²) in [7, 11) is 1.44. The molecule has 7 aromatic rings. The zero-order valence-electron chi connectivity index (χ0n) is 33.7. The van der Waals surface area contributed by atoms with E-state index >= 15 is 0 Å². The van der Waals surface area contributed by atoms with Crippen molar-refractivity contribution in [1.82, 2.24) is 44.8 Å². The van der Waals surface area contributed by atoms with E-state index < -0.39 is 0 Å². The summed E-state index contributed by atoms with van der Waals surface area (Å²) in [6, 6.07) is 22.2. The normalized spacial score (nSPS) is 15.6. The van der Waals surface area contributed by atoms with E-state index in [0.717, 1.165) is 5.56 Å². The van der Waals surface area contributed by atoms with E-state index in [2.05, 4.69) is 40.8 Å². The number of carbonyl (C=O) groups is 2. The van der Waals surface area contributed by atoms with E-state index in [9.17, 15) is 18.4 Å². The summed E-state index contributed by atoms with van der Waals surface area (Å²) in [5.41, 5.74) is 16.0. The summed E-state index contributed by atoms with van der Waals surface area (Å²) >= 11 is 0. The van der Waals surface area contributed by atoms with Crippen molar-refractivity contribution >= 4 is 51.4 Å². The van der Waals surface area contributed by atoms with E-state index in [-0.39, 0.29) is 60.0 Å². The molecule has 0 spiro atoms. The summed E-state index contributed by atoms with van der Waals surface area (Å²) in [5, 5.41) is 31.8. The summed E-state index contributed by atoms with van der Waals surface area (Å²) in [6.07, 6.45) is 3.97. The van der Waals surface area contributed by atoms with Gasteiger partial charge in [0, 0.05) is 47.8 Å². The van der Waals surface area contributed by atoms with Gasteiger partial charge in [0.15, 0.2) is 17.1 Å². The Kier molecular flexibility index (Phi) is 12.2. The number of nitrogens with one attached hydrogen (secondary N) is 3. The zero-order valence-corrected chi connectivity index (χ0v) is 33.7. The van der Waals surface area contributed by atoms with Gasteiger partial charge in [-0.2, -0.15) is 15.5 Å². The van der Waals surface area contributed by atoms with Crippen LogP contribution in [-0.4, -0.2) is 64.3 Å². The van der Waals surface area contributed by atoms with Gasteiger partial charge in [-0.1, -0.05) is 50.2 Å². The van der Waals surface area contributed by atoms with Gasteiger partial charge in [0.25, 0.3) is 0 Å². The van der Waals surface area contributed by atoms with E-state index in [1.807, 2.05) is 26.0 Å². The number of methoxy groups -OCH3 is 1. The molecule has 0 radical (unpaired) electrons. The van der Waals surface area contributed by atoms with E-state index in [1.165, 1.54) is 19.2 Å². The Morgan fingerprint density at radius 2 is 1.40 bits per heavy atom. The molecule has 314 valence electrons. The fraction of sp³-hybridized carbons (Fsp3) is 0.209. The number of halogens is 2. The van der Waals surface area contributed by atoms with Gasteiger partial charge in [0.05, 0.1) is 36.5 Å². The summed E-state index contributed by atoms with van der Waals surface area (Å²) in [4.78, 5) is 40.6. The Labute approximate surface area is 353 Å². The first-order valence-electron chi connectivity index (χ1n) is 19.3. The summed E-state index contributed by atoms with van der Waals surface area (Å²) in [5.74, 6) is 0.223. The molecule has 0 saturated heterocycles. The van der Waals surface area contributed by atoms with Gasteiger partial charge in [-0.3, -0.25) is 20.3 Å². The molecule has 62 heavy (non-hydrogen) atoms. The first kappa shape index (κ1) is 42.0. The molecule has 19 heteroatoms. The number of nitrogens with zero attached hydrogens (tertiary/aromatic N) is 9. The highest BCUT2D eigenvalue weighted by molar-refractivity contribution is 6.04. The molecule has 0 aliphatic carbocycles. The molecule has 0 bridgehead atoms. The number of ether oxygens (including phenoxy) is 1. The Balaban J connectivity index is 0.000000155. The molecule has 2 aliphatic rings. The number of fused-ring (bicyclic) bond motifs is 3. The fourth-order valence-corrected chi connectivity index (χ4v) is 7.09. The Morgan fingerprint density at radius 3 is 2.00 bits per heavy atom. The number of benzene rings is 2. The minimum atomic E-state index is -0.315. The molecular formula is C43H40F2N14O3. The first-order valence-corrected chi connectivity index (χ1v) is 19.3. The van der Waals surface area contributed by atoms with Crippen molar-refractivity contribution in [2.75, 3.05) is 18.2 Å². The van der Waals surface area contributed by atoms with Crippen LogP contribution >= 0.6 is 0 Å². The van der Waals surface area contributed by atoms with Crippen molar-refractivity contribution in [3.8, 4) is 17.6 Å². The molecule has 5 aromatic heterocycles. The molecule has 2 amide bonds. The number of allylic oxidation sites excluding steroid dienone is 1. The van der Waals surface area contributed by atoms with Crippen molar-refractivity contribution in [3.05, 3.63) is 131 Å². The number of anilines is 2. The number of amides is 2. The topological polar surface area (TPSA) is 254 Å². The number of pyridine rings is 2. The predicted molar refractivity (Wildman–Crippen MR) is 226 cm³/mol. The van der Waals surface area contributed by atoms with Crippen LogP contribution in [0, 0.1) is 34.3 Å². The number of amidine groups is 1. The van der Waals surface area contributed by atoms with Crippen LogP contribution in [0.1, 0.15) is 55.0 Å².